The maximum absolute atomic E-state index is 11.4. The zero-order valence-corrected chi connectivity index (χ0v) is 24.7. The lowest BCUT2D eigenvalue weighted by molar-refractivity contribution is -0.0788. The summed E-state index contributed by atoms with van der Waals surface area (Å²) in [6.45, 7) is 8.93. The number of aliphatic hydroxyl groups is 1. The van der Waals surface area contributed by atoms with Gasteiger partial charge in [0, 0.05) is 0 Å². The summed E-state index contributed by atoms with van der Waals surface area (Å²) in [5.41, 5.74) is 0.619. The predicted molar refractivity (Wildman–Crippen MR) is 143 cm³/mol. The van der Waals surface area contributed by atoms with Gasteiger partial charge in [-0.05, 0) is 103 Å². The van der Waals surface area contributed by atoms with Crippen LogP contribution in [0.25, 0.3) is 0 Å². The molecule has 220 valence electrons. The summed E-state index contributed by atoms with van der Waals surface area (Å²) < 4.78 is 73.7. The lowest BCUT2D eigenvalue weighted by Crippen LogP contribution is -2.54. The molecule has 0 aliphatic heterocycles. The number of fused-ring (bicyclic) bond motifs is 5. The van der Waals surface area contributed by atoms with Crippen LogP contribution in [0.5, 0.6) is 0 Å². The smallest absolute Gasteiger partial charge is 0.386 e. The zero-order chi connectivity index (χ0) is 28.1. The molecule has 3 fully saturated rings. The minimum absolute atomic E-state index is 0.0150. The Balaban J connectivity index is 1.54. The zero-order valence-electron chi connectivity index (χ0n) is 23.1. The van der Waals surface area contributed by atoms with E-state index in [1.165, 1.54) is 0 Å². The SMILES string of the molecule is CC(C)CCC[C@@H](COS(=O)(=O)O)[C@H]1CC[C@H]2[C@@H]3CC=C4C(O)C(OS(=O)(=O)O)CC[C@]4(C)[C@H]3CC[C@]12C. The fraction of sp³-hybridized carbons (Fsp3) is 0.926. The van der Waals surface area contributed by atoms with Gasteiger partial charge >= 0.3 is 20.8 Å². The Morgan fingerprint density at radius 3 is 2.32 bits per heavy atom. The van der Waals surface area contributed by atoms with Crippen molar-refractivity contribution in [3.8, 4) is 0 Å². The van der Waals surface area contributed by atoms with Gasteiger partial charge in [-0.1, -0.05) is 46.6 Å². The summed E-state index contributed by atoms with van der Waals surface area (Å²) >= 11 is 0. The van der Waals surface area contributed by atoms with Crippen LogP contribution < -0.4 is 0 Å². The van der Waals surface area contributed by atoms with Gasteiger partial charge in [0.05, 0.1) is 6.61 Å². The molecule has 0 heterocycles. The lowest BCUT2D eigenvalue weighted by Gasteiger charge is -2.59. The van der Waals surface area contributed by atoms with E-state index in [4.69, 9.17) is 12.9 Å². The van der Waals surface area contributed by atoms with Gasteiger partial charge < -0.3 is 5.11 Å². The Kier molecular flexibility index (Phi) is 8.82. The Morgan fingerprint density at radius 1 is 0.974 bits per heavy atom. The van der Waals surface area contributed by atoms with Gasteiger partial charge in [-0.3, -0.25) is 9.11 Å². The van der Waals surface area contributed by atoms with Gasteiger partial charge in [0.25, 0.3) is 0 Å². The van der Waals surface area contributed by atoms with Crippen LogP contribution in [0.15, 0.2) is 11.6 Å². The molecule has 0 aromatic carbocycles. The van der Waals surface area contributed by atoms with Gasteiger partial charge in [-0.2, -0.15) is 16.8 Å². The van der Waals surface area contributed by atoms with Crippen molar-refractivity contribution in [3.63, 3.8) is 0 Å². The molecule has 0 bridgehead atoms. The van der Waals surface area contributed by atoms with E-state index < -0.39 is 33.0 Å². The highest BCUT2D eigenvalue weighted by Gasteiger charge is 2.60. The summed E-state index contributed by atoms with van der Waals surface area (Å²) in [6.07, 6.45) is 8.88. The Morgan fingerprint density at radius 2 is 1.68 bits per heavy atom. The van der Waals surface area contributed by atoms with Crippen molar-refractivity contribution in [1.29, 1.82) is 0 Å². The molecule has 4 aliphatic carbocycles. The molecule has 0 amide bonds. The number of hydrogen-bond donors (Lipinski definition) is 3. The van der Waals surface area contributed by atoms with Crippen LogP contribution in [0.4, 0.5) is 0 Å². The number of hydrogen-bond acceptors (Lipinski definition) is 7. The minimum atomic E-state index is -4.65. The maximum Gasteiger partial charge on any atom is 0.397 e. The van der Waals surface area contributed by atoms with E-state index in [-0.39, 0.29) is 23.4 Å². The molecule has 4 aliphatic rings. The van der Waals surface area contributed by atoms with Gasteiger partial charge in [-0.15, -0.1) is 0 Å². The highest BCUT2D eigenvalue weighted by atomic mass is 32.3. The summed E-state index contributed by atoms with van der Waals surface area (Å²) in [7, 11) is -9.14. The third-order valence-corrected chi connectivity index (χ3v) is 11.7. The van der Waals surface area contributed by atoms with Crippen molar-refractivity contribution in [1.82, 2.24) is 0 Å². The topological polar surface area (TPSA) is 147 Å². The quantitative estimate of drug-likeness (QED) is 0.241. The molecular weight excluding hydrogens is 532 g/mol. The van der Waals surface area contributed by atoms with Crippen LogP contribution in [-0.2, 0) is 29.2 Å². The fourth-order valence-electron chi connectivity index (χ4n) is 9.14. The number of allylic oxidation sites excluding steroid dienone is 1. The van der Waals surface area contributed by atoms with E-state index >= 15 is 0 Å². The van der Waals surface area contributed by atoms with Gasteiger partial charge in [0.15, 0.2) is 0 Å². The van der Waals surface area contributed by atoms with Crippen LogP contribution in [-0.4, -0.2) is 49.9 Å². The lowest BCUT2D eigenvalue weighted by atomic mass is 9.46. The van der Waals surface area contributed by atoms with Gasteiger partial charge in [0.2, 0.25) is 0 Å². The predicted octanol–water partition coefficient (Wildman–Crippen LogP) is 4.99. The largest absolute Gasteiger partial charge is 0.397 e. The van der Waals surface area contributed by atoms with Crippen molar-refractivity contribution in [2.45, 2.75) is 104 Å². The summed E-state index contributed by atoms with van der Waals surface area (Å²) in [4.78, 5) is 0. The number of aliphatic hydroxyl groups excluding tert-OH is 1. The monoisotopic (exact) mass is 578 g/mol. The molecular formula is C27H46O9S2. The minimum Gasteiger partial charge on any atom is -0.386 e. The summed E-state index contributed by atoms with van der Waals surface area (Å²) in [6, 6.07) is 0. The van der Waals surface area contributed by atoms with Gasteiger partial charge in [0.1, 0.15) is 12.2 Å². The molecule has 9 atom stereocenters. The molecule has 9 nitrogen and oxygen atoms in total. The molecule has 0 aromatic heterocycles. The van der Waals surface area contributed by atoms with Crippen LogP contribution in [0, 0.1) is 46.3 Å². The third-order valence-electron chi connectivity index (χ3n) is 10.8. The van der Waals surface area contributed by atoms with Crippen molar-refractivity contribution < 1.29 is 39.4 Å². The highest BCUT2D eigenvalue weighted by molar-refractivity contribution is 7.81. The third kappa shape index (κ3) is 6.19. The molecule has 0 aromatic rings. The van der Waals surface area contributed by atoms with Crippen molar-refractivity contribution >= 4 is 20.8 Å². The number of rotatable bonds is 10. The standard InChI is InChI=1S/C27H46O9S2/c1-17(2)6-5-7-18(16-35-37(29,30)31)20-10-11-21-19-8-9-23-25(28)24(36-38(32,33)34)13-15-27(23,4)22(19)12-14-26(20,21)3/h9,17-22,24-25,28H,5-8,10-16H2,1-4H3,(H,29,30,31)(H,32,33,34)/t18-,19-,20+,21-,22-,24?,25?,26+,27+/m0/s1. The first kappa shape index (κ1) is 30.4. The van der Waals surface area contributed by atoms with Crippen molar-refractivity contribution in [3.05, 3.63) is 11.6 Å². The van der Waals surface area contributed by atoms with E-state index in [2.05, 4.69) is 33.8 Å². The maximum atomic E-state index is 11.4. The van der Waals surface area contributed by atoms with E-state index in [1.807, 2.05) is 0 Å². The Hall–Kier alpha value is -0.560. The second-order valence-electron chi connectivity index (χ2n) is 13.3. The molecule has 3 saturated carbocycles. The fourth-order valence-corrected chi connectivity index (χ4v) is 10.0. The first-order chi connectivity index (χ1) is 17.6. The van der Waals surface area contributed by atoms with E-state index in [9.17, 15) is 26.5 Å². The first-order valence-electron chi connectivity index (χ1n) is 14.2. The summed E-state index contributed by atoms with van der Waals surface area (Å²) in [5.74, 6) is 2.18. The van der Waals surface area contributed by atoms with Crippen LogP contribution in [0.1, 0.15) is 91.9 Å². The van der Waals surface area contributed by atoms with Crippen molar-refractivity contribution in [2.24, 2.45) is 46.3 Å². The normalized spacial score (nSPS) is 40.3. The second kappa shape index (κ2) is 11.0. The molecule has 0 radical (unpaired) electrons. The molecule has 3 N–H and O–H groups in total. The Labute approximate surface area is 228 Å². The average molecular weight is 579 g/mol. The van der Waals surface area contributed by atoms with Gasteiger partial charge in [-0.25, -0.2) is 8.37 Å². The molecule has 2 unspecified atom stereocenters. The molecule has 0 saturated heterocycles. The summed E-state index contributed by atoms with van der Waals surface area (Å²) in [5, 5.41) is 11.0. The van der Waals surface area contributed by atoms with E-state index in [0.717, 1.165) is 56.9 Å². The van der Waals surface area contributed by atoms with E-state index in [1.54, 1.807) is 0 Å². The van der Waals surface area contributed by atoms with Crippen LogP contribution in [0.3, 0.4) is 0 Å². The van der Waals surface area contributed by atoms with E-state index in [0.29, 0.717) is 42.4 Å². The molecule has 11 heteroatoms. The van der Waals surface area contributed by atoms with Crippen molar-refractivity contribution in [2.75, 3.05) is 6.61 Å². The molecule has 4 rings (SSSR count). The van der Waals surface area contributed by atoms with Crippen LogP contribution >= 0.6 is 0 Å². The average Bonchev–Trinajstić information content (AvgIpc) is 3.14. The second-order valence-corrected chi connectivity index (χ2v) is 15.4. The van der Waals surface area contributed by atoms with Crippen LogP contribution in [0.2, 0.25) is 0 Å². The Bertz CT molecular complexity index is 1100. The molecule has 38 heavy (non-hydrogen) atoms. The molecule has 0 spiro atoms. The highest BCUT2D eigenvalue weighted by Crippen LogP contribution is 2.67. The first-order valence-corrected chi connectivity index (χ1v) is 16.9.